The molecule has 1 aliphatic heterocycles. The molecule has 2 bridgehead atoms. The summed E-state index contributed by atoms with van der Waals surface area (Å²) in [4.78, 5) is 12.5. The Morgan fingerprint density at radius 1 is 1.39 bits per heavy atom. The summed E-state index contributed by atoms with van der Waals surface area (Å²) in [5.74, 6) is 0.463. The molecule has 2 unspecified atom stereocenters. The highest BCUT2D eigenvalue weighted by Gasteiger charge is 2.52. The van der Waals surface area contributed by atoms with E-state index in [0.717, 1.165) is 25.7 Å². The zero-order valence-corrected chi connectivity index (χ0v) is 13.6. The predicted molar refractivity (Wildman–Crippen MR) is 86.6 cm³/mol. The molecule has 1 amide bonds. The van der Waals surface area contributed by atoms with Gasteiger partial charge in [-0.15, -0.1) is 0 Å². The van der Waals surface area contributed by atoms with Crippen LogP contribution in [-0.4, -0.2) is 43.0 Å². The lowest BCUT2D eigenvalue weighted by atomic mass is 9.71. The maximum Gasteiger partial charge on any atom is 0.255 e. The van der Waals surface area contributed by atoms with Crippen LogP contribution in [0.25, 0.3) is 0 Å². The van der Waals surface area contributed by atoms with Crippen molar-refractivity contribution >= 4 is 5.91 Å². The van der Waals surface area contributed by atoms with Crippen molar-refractivity contribution in [2.75, 3.05) is 26.4 Å². The van der Waals surface area contributed by atoms with E-state index in [4.69, 9.17) is 9.47 Å². The quantitative estimate of drug-likeness (QED) is 0.843. The second-order valence-corrected chi connectivity index (χ2v) is 6.77. The molecule has 1 saturated heterocycles. The summed E-state index contributed by atoms with van der Waals surface area (Å²) in [6.07, 6.45) is 3.80. The van der Waals surface area contributed by atoms with E-state index in [9.17, 15) is 9.90 Å². The Balaban J connectivity index is 1.66. The van der Waals surface area contributed by atoms with Crippen molar-refractivity contribution < 1.29 is 19.4 Å². The lowest BCUT2D eigenvalue weighted by Crippen LogP contribution is -2.45. The molecule has 126 valence electrons. The minimum absolute atomic E-state index is 0.105. The number of carbonyl (C=O) groups excluding carboxylic acids is 1. The lowest BCUT2D eigenvalue weighted by molar-refractivity contribution is -0.000358. The highest BCUT2D eigenvalue weighted by atomic mass is 16.5. The first-order valence-electron chi connectivity index (χ1n) is 8.37. The van der Waals surface area contributed by atoms with E-state index >= 15 is 0 Å². The largest absolute Gasteiger partial charge is 0.493 e. The average molecular weight is 319 g/mol. The van der Waals surface area contributed by atoms with Gasteiger partial charge in [0, 0.05) is 12.0 Å². The first kappa shape index (κ1) is 16.3. The van der Waals surface area contributed by atoms with E-state index in [0.29, 0.717) is 31.1 Å². The molecule has 1 saturated carbocycles. The summed E-state index contributed by atoms with van der Waals surface area (Å²) < 4.78 is 11.5. The van der Waals surface area contributed by atoms with Crippen LogP contribution in [0.3, 0.4) is 0 Å². The normalized spacial score (nSPS) is 29.3. The van der Waals surface area contributed by atoms with Gasteiger partial charge in [-0.25, -0.2) is 0 Å². The number of hydrogen-bond acceptors (Lipinski definition) is 4. The Bertz CT molecular complexity index is 576. The molecule has 23 heavy (non-hydrogen) atoms. The molecule has 5 nitrogen and oxygen atoms in total. The highest BCUT2D eigenvalue weighted by Crippen LogP contribution is 2.49. The summed E-state index contributed by atoms with van der Waals surface area (Å²) in [7, 11) is 0. The van der Waals surface area contributed by atoms with Gasteiger partial charge in [-0.05, 0) is 44.7 Å². The van der Waals surface area contributed by atoms with Crippen molar-refractivity contribution in [2.24, 2.45) is 5.41 Å². The van der Waals surface area contributed by atoms with Crippen molar-refractivity contribution in [3.63, 3.8) is 0 Å². The fourth-order valence-electron chi connectivity index (χ4n) is 3.85. The van der Waals surface area contributed by atoms with Crippen molar-refractivity contribution in [1.82, 2.24) is 5.32 Å². The Morgan fingerprint density at radius 3 is 3.00 bits per heavy atom. The number of hydrogen-bond donors (Lipinski definition) is 2. The van der Waals surface area contributed by atoms with Gasteiger partial charge in [0.05, 0.1) is 31.0 Å². The number of amides is 1. The molecule has 2 fully saturated rings. The summed E-state index contributed by atoms with van der Waals surface area (Å²) >= 11 is 0. The topological polar surface area (TPSA) is 67.8 Å². The van der Waals surface area contributed by atoms with Gasteiger partial charge in [0.25, 0.3) is 5.91 Å². The van der Waals surface area contributed by atoms with Crippen LogP contribution in [0.2, 0.25) is 0 Å². The lowest BCUT2D eigenvalue weighted by Gasteiger charge is -2.36. The van der Waals surface area contributed by atoms with Crippen molar-refractivity contribution in [3.05, 3.63) is 29.8 Å². The number of fused-ring (bicyclic) bond motifs is 2. The van der Waals surface area contributed by atoms with E-state index in [1.165, 1.54) is 0 Å². The van der Waals surface area contributed by atoms with Crippen LogP contribution >= 0.6 is 0 Å². The molecule has 1 heterocycles. The maximum atomic E-state index is 12.5. The van der Waals surface area contributed by atoms with Crippen LogP contribution in [0, 0.1) is 5.41 Å². The molecule has 1 aromatic carbocycles. The molecular weight excluding hydrogens is 294 g/mol. The number of benzene rings is 1. The number of para-hydroxylation sites is 1. The molecule has 0 aromatic heterocycles. The van der Waals surface area contributed by atoms with Crippen LogP contribution < -0.4 is 10.1 Å². The zero-order chi connectivity index (χ0) is 16.3. The van der Waals surface area contributed by atoms with E-state index < -0.39 is 0 Å². The molecule has 2 atom stereocenters. The molecule has 5 heteroatoms. The van der Waals surface area contributed by atoms with Crippen LogP contribution in [0.4, 0.5) is 0 Å². The molecule has 2 N–H and O–H groups in total. The molecule has 1 aliphatic carbocycles. The third kappa shape index (κ3) is 3.21. The molecule has 0 spiro atoms. The second kappa shape index (κ2) is 6.49. The Hall–Kier alpha value is -1.59. The Kier molecular flexibility index (Phi) is 4.60. The van der Waals surface area contributed by atoms with Crippen LogP contribution in [-0.2, 0) is 4.74 Å². The van der Waals surface area contributed by atoms with Gasteiger partial charge >= 0.3 is 0 Å². The third-order valence-electron chi connectivity index (χ3n) is 5.06. The summed E-state index contributed by atoms with van der Waals surface area (Å²) in [6, 6.07) is 7.27. The van der Waals surface area contributed by atoms with Crippen molar-refractivity contribution in [3.8, 4) is 5.75 Å². The van der Waals surface area contributed by atoms with Gasteiger partial charge in [-0.2, -0.15) is 0 Å². The molecule has 1 aromatic rings. The van der Waals surface area contributed by atoms with Gasteiger partial charge < -0.3 is 19.9 Å². The number of ether oxygens (including phenoxy) is 2. The standard InChI is InChI=1S/C18H25NO4/c1-2-22-15-7-4-3-6-14(15)16(21)19-11-18-9-5-8-17(10-18,12-20)13-23-18/h3-4,6-7,20H,2,5,8-13H2,1H3,(H,19,21). The van der Waals surface area contributed by atoms with Crippen LogP contribution in [0.15, 0.2) is 24.3 Å². The van der Waals surface area contributed by atoms with E-state index in [1.807, 2.05) is 19.1 Å². The average Bonchev–Trinajstić information content (AvgIpc) is 2.85. The van der Waals surface area contributed by atoms with Gasteiger partial charge in [0.2, 0.25) is 0 Å². The maximum absolute atomic E-state index is 12.5. The summed E-state index contributed by atoms with van der Waals surface area (Å²) in [6.45, 7) is 3.66. The minimum Gasteiger partial charge on any atom is -0.493 e. The number of rotatable bonds is 6. The Labute approximate surface area is 137 Å². The van der Waals surface area contributed by atoms with E-state index in [-0.39, 0.29) is 23.5 Å². The van der Waals surface area contributed by atoms with Gasteiger partial charge in [0.1, 0.15) is 5.75 Å². The monoisotopic (exact) mass is 319 g/mol. The summed E-state index contributed by atoms with van der Waals surface area (Å²) in [5, 5.41) is 12.7. The van der Waals surface area contributed by atoms with E-state index in [2.05, 4.69) is 5.32 Å². The zero-order valence-electron chi connectivity index (χ0n) is 13.6. The minimum atomic E-state index is -0.322. The van der Waals surface area contributed by atoms with Crippen molar-refractivity contribution in [1.29, 1.82) is 0 Å². The number of aliphatic hydroxyl groups excluding tert-OH is 1. The van der Waals surface area contributed by atoms with Crippen LogP contribution in [0.5, 0.6) is 5.75 Å². The van der Waals surface area contributed by atoms with Crippen molar-refractivity contribution in [2.45, 2.75) is 38.2 Å². The van der Waals surface area contributed by atoms with Gasteiger partial charge in [0.15, 0.2) is 0 Å². The third-order valence-corrected chi connectivity index (χ3v) is 5.06. The summed E-state index contributed by atoms with van der Waals surface area (Å²) in [5.41, 5.74) is 0.122. The highest BCUT2D eigenvalue weighted by molar-refractivity contribution is 5.96. The fourth-order valence-corrected chi connectivity index (χ4v) is 3.85. The molecule has 0 radical (unpaired) electrons. The van der Waals surface area contributed by atoms with E-state index in [1.54, 1.807) is 12.1 Å². The van der Waals surface area contributed by atoms with Gasteiger partial charge in [-0.1, -0.05) is 12.1 Å². The fraction of sp³-hybridized carbons (Fsp3) is 0.611. The van der Waals surface area contributed by atoms with Gasteiger partial charge in [-0.3, -0.25) is 4.79 Å². The van der Waals surface area contributed by atoms with Crippen LogP contribution in [0.1, 0.15) is 43.0 Å². The molecule has 3 rings (SSSR count). The second-order valence-electron chi connectivity index (χ2n) is 6.77. The number of aliphatic hydroxyl groups is 1. The Morgan fingerprint density at radius 2 is 2.22 bits per heavy atom. The molecule has 2 aliphatic rings. The molecular formula is C18H25NO4. The first-order valence-corrected chi connectivity index (χ1v) is 8.37. The SMILES string of the molecule is CCOc1ccccc1C(=O)NCC12CCCC(CO)(CO1)C2. The predicted octanol–water partition coefficient (Wildman–Crippen LogP) is 2.14. The smallest absolute Gasteiger partial charge is 0.255 e. The first-order chi connectivity index (χ1) is 11.1. The number of nitrogens with one attached hydrogen (secondary N) is 1. The number of carbonyl (C=O) groups is 1.